The molecule has 0 aromatic carbocycles. The van der Waals surface area contributed by atoms with Crippen LogP contribution < -0.4 is 0 Å². The fourth-order valence-electron chi connectivity index (χ4n) is 1.72. The quantitative estimate of drug-likeness (QED) is 0.224. The van der Waals surface area contributed by atoms with Gasteiger partial charge in [0.25, 0.3) is 0 Å². The number of allylic oxidation sites excluding steroid dienone is 8. The molecule has 1 nitrogen and oxygen atoms in total. The number of carbonyl (C=O) groups is 1. The highest BCUT2D eigenvalue weighted by Crippen LogP contribution is 2.14. The number of hydrogen-bond donors (Lipinski definition) is 0. The Kier molecular flexibility index (Phi) is 10.5. The summed E-state index contributed by atoms with van der Waals surface area (Å²) in [4.78, 5) is 10.3. The second kappa shape index (κ2) is 11.5. The van der Waals surface area contributed by atoms with Crippen molar-refractivity contribution < 1.29 is 4.79 Å². The molecule has 0 unspecified atom stereocenters. The van der Waals surface area contributed by atoms with E-state index < -0.39 is 0 Å². The largest absolute Gasteiger partial charge is 0.303 e. The maximum Gasteiger partial charge on any atom is 0.120 e. The van der Waals surface area contributed by atoms with Gasteiger partial charge in [0.1, 0.15) is 6.29 Å². The van der Waals surface area contributed by atoms with Gasteiger partial charge in [-0.05, 0) is 39.5 Å². The van der Waals surface area contributed by atoms with E-state index in [1.165, 1.54) is 11.1 Å². The monoisotopic (exact) mass is 258 g/mol. The lowest BCUT2D eigenvalue weighted by atomic mass is 10.0. The molecule has 0 spiro atoms. The molecule has 104 valence electrons. The van der Waals surface area contributed by atoms with Crippen LogP contribution in [0.15, 0.2) is 60.3 Å². The Morgan fingerprint density at radius 2 is 1.84 bits per heavy atom. The predicted molar refractivity (Wildman–Crippen MR) is 85.1 cm³/mol. The summed E-state index contributed by atoms with van der Waals surface area (Å²) in [6, 6.07) is 0. The van der Waals surface area contributed by atoms with Crippen LogP contribution >= 0.6 is 0 Å². The van der Waals surface area contributed by atoms with Crippen LogP contribution in [0.4, 0.5) is 0 Å². The Hall–Kier alpha value is -1.63. The van der Waals surface area contributed by atoms with Gasteiger partial charge in [-0.3, -0.25) is 0 Å². The second-order valence-corrected chi connectivity index (χ2v) is 4.84. The highest BCUT2D eigenvalue weighted by Gasteiger charge is 1.95. The Bertz CT molecular complexity index is 380. The summed E-state index contributed by atoms with van der Waals surface area (Å²) in [5.74, 6) is 0. The maximum atomic E-state index is 10.3. The third-order valence-electron chi connectivity index (χ3n) is 2.67. The van der Waals surface area contributed by atoms with E-state index in [9.17, 15) is 4.79 Å². The third kappa shape index (κ3) is 11.2. The topological polar surface area (TPSA) is 17.1 Å². The molecule has 0 bridgehead atoms. The molecule has 0 heterocycles. The van der Waals surface area contributed by atoms with Crippen LogP contribution in [0.2, 0.25) is 0 Å². The van der Waals surface area contributed by atoms with Gasteiger partial charge in [0.05, 0.1) is 0 Å². The van der Waals surface area contributed by atoms with E-state index in [2.05, 4.69) is 44.4 Å². The van der Waals surface area contributed by atoms with Gasteiger partial charge in [-0.15, -0.1) is 6.58 Å². The van der Waals surface area contributed by atoms with Gasteiger partial charge in [-0.25, -0.2) is 0 Å². The highest BCUT2D eigenvalue weighted by molar-refractivity contribution is 5.50. The van der Waals surface area contributed by atoms with E-state index in [4.69, 9.17) is 0 Å². The lowest BCUT2D eigenvalue weighted by molar-refractivity contribution is -0.107. The molecule has 19 heavy (non-hydrogen) atoms. The van der Waals surface area contributed by atoms with Crippen LogP contribution in [0, 0.1) is 0 Å². The van der Waals surface area contributed by atoms with Gasteiger partial charge in [0, 0.05) is 6.42 Å². The summed E-state index contributed by atoms with van der Waals surface area (Å²) >= 11 is 0. The molecule has 1 heteroatoms. The lowest BCUT2D eigenvalue weighted by Gasteiger charge is -2.03. The molecule has 0 saturated heterocycles. The Labute approximate surface area is 118 Å². The molecular formula is C18H26O. The fourth-order valence-corrected chi connectivity index (χ4v) is 1.72. The van der Waals surface area contributed by atoms with Crippen LogP contribution in [0.3, 0.4) is 0 Å². The molecule has 0 saturated carbocycles. The van der Waals surface area contributed by atoms with Crippen LogP contribution in [0.5, 0.6) is 0 Å². The van der Waals surface area contributed by atoms with Gasteiger partial charge in [0.15, 0.2) is 0 Å². The smallest absolute Gasteiger partial charge is 0.120 e. The van der Waals surface area contributed by atoms with E-state index in [1.807, 2.05) is 13.0 Å². The fraction of sp³-hybridized carbons (Fsp3) is 0.389. The number of unbranched alkanes of at least 4 members (excludes halogenated alkanes) is 1. The van der Waals surface area contributed by atoms with Crippen LogP contribution in [-0.2, 0) is 4.79 Å². The van der Waals surface area contributed by atoms with Crippen molar-refractivity contribution in [1.29, 1.82) is 0 Å². The van der Waals surface area contributed by atoms with Gasteiger partial charge >= 0.3 is 0 Å². The molecule has 0 rings (SSSR count). The average molecular weight is 258 g/mol. The second-order valence-electron chi connectivity index (χ2n) is 4.84. The molecule has 0 aliphatic heterocycles. The molecule has 0 amide bonds. The average Bonchev–Trinajstić information content (AvgIpc) is 2.35. The minimum absolute atomic E-state index is 0.594. The molecule has 0 fully saturated rings. The van der Waals surface area contributed by atoms with Gasteiger partial charge in [-0.1, -0.05) is 53.7 Å². The van der Waals surface area contributed by atoms with Gasteiger partial charge < -0.3 is 4.79 Å². The molecule has 0 aliphatic rings. The first-order valence-corrected chi connectivity index (χ1v) is 6.82. The van der Waals surface area contributed by atoms with Crippen molar-refractivity contribution in [3.63, 3.8) is 0 Å². The van der Waals surface area contributed by atoms with Crippen molar-refractivity contribution in [3.05, 3.63) is 60.3 Å². The van der Waals surface area contributed by atoms with E-state index in [1.54, 1.807) is 0 Å². The minimum atomic E-state index is 0.594. The van der Waals surface area contributed by atoms with Crippen molar-refractivity contribution in [3.8, 4) is 0 Å². The molecule has 0 aromatic rings. The normalized spacial score (nSPS) is 12.7. The maximum absolute atomic E-state index is 10.3. The Morgan fingerprint density at radius 3 is 2.47 bits per heavy atom. The zero-order valence-corrected chi connectivity index (χ0v) is 12.3. The Morgan fingerprint density at radius 1 is 1.11 bits per heavy atom. The van der Waals surface area contributed by atoms with Gasteiger partial charge in [0.2, 0.25) is 0 Å². The van der Waals surface area contributed by atoms with Crippen LogP contribution in [-0.4, -0.2) is 6.29 Å². The zero-order valence-electron chi connectivity index (χ0n) is 12.3. The molecule has 0 atom stereocenters. The first-order chi connectivity index (χ1) is 9.10. The third-order valence-corrected chi connectivity index (χ3v) is 2.67. The summed E-state index contributed by atoms with van der Waals surface area (Å²) in [5.41, 5.74) is 3.60. The van der Waals surface area contributed by atoms with Crippen LogP contribution in [0.25, 0.3) is 0 Å². The van der Waals surface area contributed by atoms with Crippen molar-refractivity contribution in [2.24, 2.45) is 0 Å². The van der Waals surface area contributed by atoms with E-state index in [-0.39, 0.29) is 0 Å². The number of carbonyl (C=O) groups excluding carboxylic acids is 1. The molecule has 0 aromatic heterocycles. The molecule has 0 N–H and O–H groups in total. The highest BCUT2D eigenvalue weighted by atomic mass is 16.1. The first kappa shape index (κ1) is 17.4. The summed E-state index contributed by atoms with van der Waals surface area (Å²) in [6.45, 7) is 11.9. The van der Waals surface area contributed by atoms with Crippen molar-refractivity contribution in [2.75, 3.05) is 0 Å². The van der Waals surface area contributed by atoms with E-state index >= 15 is 0 Å². The van der Waals surface area contributed by atoms with Crippen molar-refractivity contribution >= 4 is 6.29 Å². The Balaban J connectivity index is 4.16. The molecule has 0 radical (unpaired) electrons. The van der Waals surface area contributed by atoms with E-state index in [0.717, 1.165) is 37.5 Å². The van der Waals surface area contributed by atoms with Gasteiger partial charge in [-0.2, -0.15) is 0 Å². The summed E-state index contributed by atoms with van der Waals surface area (Å²) in [6.07, 6.45) is 15.7. The predicted octanol–water partition coefficient (Wildman–Crippen LogP) is 5.33. The molecular weight excluding hydrogens is 232 g/mol. The van der Waals surface area contributed by atoms with E-state index in [0.29, 0.717) is 6.42 Å². The number of hydrogen-bond acceptors (Lipinski definition) is 1. The minimum Gasteiger partial charge on any atom is -0.303 e. The summed E-state index contributed by atoms with van der Waals surface area (Å²) in [7, 11) is 0. The standard InChI is InChI=1S/C18H26O/c1-5-6-7-8-9-11-16(2)14-18(4)15-17(3)12-10-13-19/h5,8-9,11,13,15H,1,4,6-7,10,12,14H2,2-3H3/b9-8+,16-11+,17-15+. The number of aldehydes is 1. The SMILES string of the molecule is C=CCC/C=C/C=C(\C)CC(=C)/C=C(\C)CCC=O. The van der Waals surface area contributed by atoms with Crippen LogP contribution in [0.1, 0.15) is 46.0 Å². The molecule has 0 aliphatic carbocycles. The zero-order chi connectivity index (χ0) is 14.5. The number of rotatable bonds is 10. The first-order valence-electron chi connectivity index (χ1n) is 6.82. The summed E-state index contributed by atoms with van der Waals surface area (Å²) < 4.78 is 0. The lowest BCUT2D eigenvalue weighted by Crippen LogP contribution is -1.84. The van der Waals surface area contributed by atoms with Crippen molar-refractivity contribution in [1.82, 2.24) is 0 Å². The van der Waals surface area contributed by atoms with Crippen molar-refractivity contribution in [2.45, 2.75) is 46.0 Å². The summed E-state index contributed by atoms with van der Waals surface area (Å²) in [5, 5.41) is 0.